The molecule has 0 bridgehead atoms. The molecule has 0 unspecified atom stereocenters. The van der Waals surface area contributed by atoms with Gasteiger partial charge < -0.3 is 0 Å². The third-order valence-electron chi connectivity index (χ3n) is 5.27. The Kier molecular flexibility index (Phi) is 6.57. The number of hydrogen-bond donors (Lipinski definition) is 0. The molecule has 3 aromatic carbocycles. The Morgan fingerprint density at radius 3 is 2.55 bits per heavy atom. The fraction of sp³-hybridized carbons (Fsp3) is 0.154. The number of aromatic nitrogens is 2. The van der Waals surface area contributed by atoms with Crippen molar-refractivity contribution in [1.29, 1.82) is 5.26 Å². The molecule has 33 heavy (non-hydrogen) atoms. The zero-order valence-electron chi connectivity index (χ0n) is 18.4. The van der Waals surface area contributed by atoms with Crippen LogP contribution in [0.25, 0.3) is 16.6 Å². The van der Waals surface area contributed by atoms with Gasteiger partial charge >= 0.3 is 0 Å². The smallest absolute Gasteiger partial charge is 0.266 e. The average molecular weight is 455 g/mol. The zero-order chi connectivity index (χ0) is 23.4. The monoisotopic (exact) mass is 454 g/mol. The summed E-state index contributed by atoms with van der Waals surface area (Å²) >= 11 is 1.19. The van der Waals surface area contributed by atoms with E-state index in [1.54, 1.807) is 28.8 Å². The maximum absolute atomic E-state index is 13.5. The van der Waals surface area contributed by atoms with E-state index in [0.717, 1.165) is 16.8 Å². The first-order chi connectivity index (χ1) is 16.0. The van der Waals surface area contributed by atoms with E-state index < -0.39 is 0 Å². The van der Waals surface area contributed by atoms with Gasteiger partial charge in [-0.2, -0.15) is 5.26 Å². The number of nitrogens with zero attached hydrogens (tertiary/aromatic N) is 4. The van der Waals surface area contributed by atoms with Gasteiger partial charge in [-0.15, -0.1) is 0 Å². The molecule has 0 spiro atoms. The van der Waals surface area contributed by atoms with Crippen molar-refractivity contribution in [2.45, 2.75) is 19.0 Å². The van der Waals surface area contributed by atoms with Crippen LogP contribution in [0.2, 0.25) is 0 Å². The highest BCUT2D eigenvalue weighted by molar-refractivity contribution is 7.99. The molecule has 4 aromatic rings. The van der Waals surface area contributed by atoms with Crippen LogP contribution in [-0.4, -0.2) is 27.8 Å². The van der Waals surface area contributed by atoms with Crippen molar-refractivity contribution in [2.75, 3.05) is 17.2 Å². The number of fused-ring (bicyclic) bond motifs is 1. The number of nitriles is 1. The molecule has 7 heteroatoms. The zero-order valence-corrected chi connectivity index (χ0v) is 19.2. The Morgan fingerprint density at radius 1 is 1.06 bits per heavy atom. The second-order valence-electron chi connectivity index (χ2n) is 7.60. The minimum atomic E-state index is -0.234. The number of benzene rings is 3. The minimum absolute atomic E-state index is 0.0339. The molecule has 1 aromatic heterocycles. The molecule has 0 saturated heterocycles. The first kappa shape index (κ1) is 22.3. The highest BCUT2D eigenvalue weighted by Crippen LogP contribution is 2.25. The fourth-order valence-electron chi connectivity index (χ4n) is 3.59. The lowest BCUT2D eigenvalue weighted by Gasteiger charge is -2.20. The molecule has 0 fully saturated rings. The Labute approximate surface area is 196 Å². The van der Waals surface area contributed by atoms with Crippen LogP contribution in [0.4, 0.5) is 5.69 Å². The van der Waals surface area contributed by atoms with Gasteiger partial charge in [0.05, 0.1) is 28.4 Å². The quantitative estimate of drug-likeness (QED) is 0.241. The molecule has 1 heterocycles. The van der Waals surface area contributed by atoms with Crippen molar-refractivity contribution in [3.63, 3.8) is 0 Å². The first-order valence-corrected chi connectivity index (χ1v) is 11.4. The lowest BCUT2D eigenvalue weighted by molar-refractivity contribution is -0.116. The predicted octanol–water partition coefficient (Wildman–Crippen LogP) is 4.65. The molecular formula is C26H22N4O2S. The van der Waals surface area contributed by atoms with Crippen LogP contribution in [0.15, 0.2) is 82.7 Å². The van der Waals surface area contributed by atoms with Crippen LogP contribution in [-0.2, 0) is 4.79 Å². The Hall–Kier alpha value is -3.89. The van der Waals surface area contributed by atoms with Crippen molar-refractivity contribution < 1.29 is 4.79 Å². The molecule has 0 aliphatic carbocycles. The minimum Gasteiger partial charge on any atom is -0.298 e. The third kappa shape index (κ3) is 4.66. The van der Waals surface area contributed by atoms with Crippen LogP contribution in [0.5, 0.6) is 0 Å². The highest BCUT2D eigenvalue weighted by atomic mass is 32.2. The largest absolute Gasteiger partial charge is 0.298 e. The molecule has 164 valence electrons. The van der Waals surface area contributed by atoms with Gasteiger partial charge in [-0.1, -0.05) is 54.2 Å². The van der Waals surface area contributed by atoms with Gasteiger partial charge in [0.1, 0.15) is 6.54 Å². The van der Waals surface area contributed by atoms with Gasteiger partial charge in [0, 0.05) is 5.69 Å². The third-order valence-corrected chi connectivity index (χ3v) is 6.20. The average Bonchev–Trinajstić information content (AvgIpc) is 2.83. The second kappa shape index (κ2) is 9.72. The number of carbonyl (C=O) groups is 1. The van der Waals surface area contributed by atoms with Crippen molar-refractivity contribution in [3.8, 4) is 11.8 Å². The molecule has 0 aliphatic rings. The van der Waals surface area contributed by atoms with E-state index in [-0.39, 0.29) is 23.8 Å². The van der Waals surface area contributed by atoms with E-state index in [1.165, 1.54) is 16.7 Å². The SMILES string of the molecule is Cc1ccc(C)c(-n2c(SCC(=O)N(CC#N)c3ccccc3)nc3ccccc3c2=O)c1. The van der Waals surface area contributed by atoms with Crippen molar-refractivity contribution in [2.24, 2.45) is 0 Å². The van der Waals surface area contributed by atoms with E-state index >= 15 is 0 Å². The summed E-state index contributed by atoms with van der Waals surface area (Å²) in [5.74, 6) is -0.200. The van der Waals surface area contributed by atoms with Crippen molar-refractivity contribution in [3.05, 3.63) is 94.3 Å². The summed E-state index contributed by atoms with van der Waals surface area (Å²) in [5, 5.41) is 10.2. The van der Waals surface area contributed by atoms with Gasteiger partial charge in [0.2, 0.25) is 5.91 Å². The molecule has 0 aliphatic heterocycles. The summed E-state index contributed by atoms with van der Waals surface area (Å²) in [6.07, 6.45) is 0. The standard InChI is InChI=1S/C26H22N4O2S/c1-18-12-13-19(2)23(16-18)30-25(32)21-10-6-7-11-22(21)28-26(30)33-17-24(31)29(15-14-27)20-8-4-3-5-9-20/h3-13,16H,15,17H2,1-2H3. The number of amides is 1. The Bertz CT molecular complexity index is 1420. The summed E-state index contributed by atoms with van der Waals surface area (Å²) in [6.45, 7) is 3.86. The maximum atomic E-state index is 13.5. The van der Waals surface area contributed by atoms with E-state index in [4.69, 9.17) is 4.98 Å². The maximum Gasteiger partial charge on any atom is 0.266 e. The van der Waals surface area contributed by atoms with Gasteiger partial charge in [-0.25, -0.2) is 4.98 Å². The number of carbonyl (C=O) groups excluding carboxylic acids is 1. The Morgan fingerprint density at radius 2 is 1.79 bits per heavy atom. The topological polar surface area (TPSA) is 79.0 Å². The number of anilines is 1. The number of rotatable bonds is 6. The summed E-state index contributed by atoms with van der Waals surface area (Å²) in [4.78, 5) is 32.7. The van der Waals surface area contributed by atoms with Crippen molar-refractivity contribution in [1.82, 2.24) is 9.55 Å². The van der Waals surface area contributed by atoms with Gasteiger partial charge in [-0.3, -0.25) is 19.1 Å². The highest BCUT2D eigenvalue weighted by Gasteiger charge is 2.19. The Balaban J connectivity index is 1.76. The molecule has 0 atom stereocenters. The van der Waals surface area contributed by atoms with E-state index in [1.807, 2.05) is 62.4 Å². The molecule has 0 N–H and O–H groups in total. The second-order valence-corrected chi connectivity index (χ2v) is 8.55. The summed E-state index contributed by atoms with van der Waals surface area (Å²) in [6, 6.07) is 24.3. The van der Waals surface area contributed by atoms with Crippen LogP contribution in [0.3, 0.4) is 0 Å². The summed E-state index contributed by atoms with van der Waals surface area (Å²) in [5.41, 5.74) is 3.75. The molecule has 0 radical (unpaired) electrons. The lowest BCUT2D eigenvalue weighted by Crippen LogP contribution is -2.33. The van der Waals surface area contributed by atoms with E-state index in [0.29, 0.717) is 21.7 Å². The molecular weight excluding hydrogens is 432 g/mol. The van der Waals surface area contributed by atoms with Crippen LogP contribution >= 0.6 is 11.8 Å². The van der Waals surface area contributed by atoms with Crippen molar-refractivity contribution >= 4 is 34.3 Å². The van der Waals surface area contributed by atoms with Gasteiger partial charge in [-0.05, 0) is 55.3 Å². The van der Waals surface area contributed by atoms with E-state index in [2.05, 4.69) is 6.07 Å². The lowest BCUT2D eigenvalue weighted by atomic mass is 10.1. The number of thioether (sulfide) groups is 1. The van der Waals surface area contributed by atoms with E-state index in [9.17, 15) is 14.9 Å². The van der Waals surface area contributed by atoms with Crippen LogP contribution in [0.1, 0.15) is 11.1 Å². The fourth-order valence-corrected chi connectivity index (χ4v) is 4.47. The predicted molar refractivity (Wildman–Crippen MR) is 132 cm³/mol. The number of hydrogen-bond acceptors (Lipinski definition) is 5. The summed E-state index contributed by atoms with van der Waals surface area (Å²) < 4.78 is 1.58. The van der Waals surface area contributed by atoms with Crippen LogP contribution < -0.4 is 10.5 Å². The number of para-hydroxylation sites is 2. The van der Waals surface area contributed by atoms with Gasteiger partial charge in [0.25, 0.3) is 5.56 Å². The molecule has 4 rings (SSSR count). The summed E-state index contributed by atoms with van der Waals surface area (Å²) in [7, 11) is 0. The first-order valence-electron chi connectivity index (χ1n) is 10.4. The van der Waals surface area contributed by atoms with Gasteiger partial charge in [0.15, 0.2) is 5.16 Å². The molecule has 6 nitrogen and oxygen atoms in total. The number of aryl methyl sites for hydroxylation is 2. The molecule has 1 amide bonds. The normalized spacial score (nSPS) is 10.7. The molecule has 0 saturated carbocycles. The van der Waals surface area contributed by atoms with Crippen LogP contribution in [0, 0.1) is 25.2 Å².